The topological polar surface area (TPSA) is 59.8 Å². The maximum atomic E-state index is 11.8. The maximum Gasteiger partial charge on any atom is 0.226 e. The molecule has 0 unspecified atom stereocenters. The molecule has 19 heavy (non-hydrogen) atoms. The predicted molar refractivity (Wildman–Crippen MR) is 73.8 cm³/mol. The highest BCUT2D eigenvalue weighted by molar-refractivity contribution is 5.90. The largest absolute Gasteiger partial charge is 0.326 e. The van der Waals surface area contributed by atoms with E-state index >= 15 is 0 Å². The first-order chi connectivity index (χ1) is 9.15. The monoisotopic (exact) mass is 258 g/mol. The van der Waals surface area contributed by atoms with Crippen LogP contribution in [0.2, 0.25) is 0 Å². The highest BCUT2D eigenvalue weighted by atomic mass is 16.1. The molecule has 100 valence electrons. The molecule has 0 atom stereocenters. The molecule has 1 heterocycles. The Labute approximate surface area is 112 Å². The fourth-order valence-corrected chi connectivity index (χ4v) is 1.74. The minimum absolute atomic E-state index is 0.0206. The number of nitrogens with zero attached hydrogens (tertiary/aromatic N) is 3. The van der Waals surface area contributed by atoms with Crippen molar-refractivity contribution >= 4 is 11.6 Å². The third kappa shape index (κ3) is 3.91. The molecule has 1 N–H and O–H groups in total. The molecule has 0 aliphatic heterocycles. The average Bonchev–Trinajstić information content (AvgIpc) is 2.90. The number of hydrogen-bond donors (Lipinski definition) is 1. The van der Waals surface area contributed by atoms with Crippen LogP contribution in [0.4, 0.5) is 5.69 Å². The van der Waals surface area contributed by atoms with E-state index in [2.05, 4.69) is 29.2 Å². The van der Waals surface area contributed by atoms with Crippen LogP contribution >= 0.6 is 0 Å². The van der Waals surface area contributed by atoms with Crippen LogP contribution in [0, 0.1) is 0 Å². The third-order valence-corrected chi connectivity index (χ3v) is 2.90. The molecule has 0 fully saturated rings. The van der Waals surface area contributed by atoms with Crippen LogP contribution in [-0.4, -0.2) is 20.7 Å². The van der Waals surface area contributed by atoms with Gasteiger partial charge in [0, 0.05) is 12.1 Å². The Balaban J connectivity index is 1.84. The van der Waals surface area contributed by atoms with E-state index in [1.807, 2.05) is 24.3 Å². The first kappa shape index (κ1) is 13.3. The Morgan fingerprint density at radius 2 is 2.05 bits per heavy atom. The van der Waals surface area contributed by atoms with Crippen molar-refractivity contribution in [1.29, 1.82) is 0 Å². The standard InChI is InChI=1S/C14H18N4O/c1-11(2)12-3-5-13(6-4-12)17-14(19)7-8-18-10-15-9-16-18/h3-6,9-11H,7-8H2,1-2H3,(H,17,19). The SMILES string of the molecule is CC(C)c1ccc(NC(=O)CCn2cncn2)cc1. The molecule has 0 spiro atoms. The number of rotatable bonds is 5. The molecular formula is C14H18N4O. The summed E-state index contributed by atoms with van der Waals surface area (Å²) in [4.78, 5) is 15.6. The van der Waals surface area contributed by atoms with E-state index in [9.17, 15) is 4.79 Å². The van der Waals surface area contributed by atoms with E-state index in [0.717, 1.165) is 5.69 Å². The van der Waals surface area contributed by atoms with E-state index in [0.29, 0.717) is 18.9 Å². The number of benzene rings is 1. The van der Waals surface area contributed by atoms with E-state index in [1.54, 1.807) is 11.0 Å². The van der Waals surface area contributed by atoms with E-state index in [-0.39, 0.29) is 5.91 Å². The number of carbonyl (C=O) groups is 1. The molecule has 0 bridgehead atoms. The molecule has 0 saturated heterocycles. The van der Waals surface area contributed by atoms with Crippen molar-refractivity contribution in [3.8, 4) is 0 Å². The second kappa shape index (κ2) is 6.13. The van der Waals surface area contributed by atoms with Crippen molar-refractivity contribution in [3.05, 3.63) is 42.5 Å². The zero-order valence-corrected chi connectivity index (χ0v) is 11.2. The van der Waals surface area contributed by atoms with Gasteiger partial charge in [0.1, 0.15) is 12.7 Å². The van der Waals surface area contributed by atoms with Gasteiger partial charge in [0.05, 0.1) is 6.54 Å². The first-order valence-electron chi connectivity index (χ1n) is 6.37. The molecule has 0 saturated carbocycles. The Kier molecular flexibility index (Phi) is 4.28. The Bertz CT molecular complexity index is 517. The van der Waals surface area contributed by atoms with Crippen LogP contribution in [0.15, 0.2) is 36.9 Å². The molecule has 5 nitrogen and oxygen atoms in total. The minimum atomic E-state index is -0.0206. The Morgan fingerprint density at radius 3 is 2.63 bits per heavy atom. The van der Waals surface area contributed by atoms with Crippen LogP contribution in [0.25, 0.3) is 0 Å². The Morgan fingerprint density at radius 1 is 1.32 bits per heavy atom. The van der Waals surface area contributed by atoms with Gasteiger partial charge < -0.3 is 5.32 Å². The molecule has 0 aliphatic carbocycles. The molecule has 2 rings (SSSR count). The number of amides is 1. The number of anilines is 1. The summed E-state index contributed by atoms with van der Waals surface area (Å²) in [5, 5.41) is 6.82. The number of aromatic nitrogens is 3. The maximum absolute atomic E-state index is 11.8. The van der Waals surface area contributed by atoms with Gasteiger partial charge in [-0.2, -0.15) is 5.10 Å². The molecule has 1 amide bonds. The van der Waals surface area contributed by atoms with E-state index in [1.165, 1.54) is 11.9 Å². The van der Waals surface area contributed by atoms with Gasteiger partial charge in [-0.05, 0) is 23.6 Å². The fraction of sp³-hybridized carbons (Fsp3) is 0.357. The minimum Gasteiger partial charge on any atom is -0.326 e. The fourth-order valence-electron chi connectivity index (χ4n) is 1.74. The van der Waals surface area contributed by atoms with Crippen LogP contribution in [0.1, 0.15) is 31.7 Å². The van der Waals surface area contributed by atoms with E-state index in [4.69, 9.17) is 0 Å². The van der Waals surface area contributed by atoms with Crippen molar-refractivity contribution in [1.82, 2.24) is 14.8 Å². The number of aryl methyl sites for hydroxylation is 1. The van der Waals surface area contributed by atoms with Gasteiger partial charge in [-0.1, -0.05) is 26.0 Å². The van der Waals surface area contributed by atoms with Crippen LogP contribution in [0.5, 0.6) is 0 Å². The highest BCUT2D eigenvalue weighted by Crippen LogP contribution is 2.17. The summed E-state index contributed by atoms with van der Waals surface area (Å²) in [6.07, 6.45) is 3.45. The molecular weight excluding hydrogens is 240 g/mol. The van der Waals surface area contributed by atoms with Gasteiger partial charge in [0.2, 0.25) is 5.91 Å². The van der Waals surface area contributed by atoms with Gasteiger partial charge in [-0.15, -0.1) is 0 Å². The smallest absolute Gasteiger partial charge is 0.226 e. The zero-order chi connectivity index (χ0) is 13.7. The molecule has 5 heteroatoms. The van der Waals surface area contributed by atoms with Gasteiger partial charge in [-0.3, -0.25) is 9.48 Å². The summed E-state index contributed by atoms with van der Waals surface area (Å²) in [7, 11) is 0. The summed E-state index contributed by atoms with van der Waals surface area (Å²) >= 11 is 0. The van der Waals surface area contributed by atoms with Crippen LogP contribution in [-0.2, 0) is 11.3 Å². The van der Waals surface area contributed by atoms with Crippen molar-refractivity contribution in [3.63, 3.8) is 0 Å². The predicted octanol–water partition coefficient (Wildman–Crippen LogP) is 2.43. The van der Waals surface area contributed by atoms with E-state index < -0.39 is 0 Å². The van der Waals surface area contributed by atoms with Gasteiger partial charge in [0.25, 0.3) is 0 Å². The lowest BCUT2D eigenvalue weighted by molar-refractivity contribution is -0.116. The lowest BCUT2D eigenvalue weighted by atomic mass is 10.0. The quantitative estimate of drug-likeness (QED) is 0.896. The summed E-state index contributed by atoms with van der Waals surface area (Å²) in [5.74, 6) is 0.477. The molecule has 0 radical (unpaired) electrons. The molecule has 1 aromatic carbocycles. The Hall–Kier alpha value is -2.17. The lowest BCUT2D eigenvalue weighted by Gasteiger charge is -2.08. The molecule has 0 aliphatic rings. The second-order valence-electron chi connectivity index (χ2n) is 4.73. The summed E-state index contributed by atoms with van der Waals surface area (Å²) in [5.41, 5.74) is 2.09. The lowest BCUT2D eigenvalue weighted by Crippen LogP contribution is -2.14. The van der Waals surface area contributed by atoms with Crippen LogP contribution in [0.3, 0.4) is 0 Å². The number of carbonyl (C=O) groups excluding carboxylic acids is 1. The summed E-state index contributed by atoms with van der Waals surface area (Å²) in [6.45, 7) is 4.83. The van der Waals surface area contributed by atoms with Crippen molar-refractivity contribution in [2.24, 2.45) is 0 Å². The normalized spacial score (nSPS) is 10.7. The summed E-state index contributed by atoms with van der Waals surface area (Å²) in [6, 6.07) is 7.95. The number of nitrogens with one attached hydrogen (secondary N) is 1. The second-order valence-corrected chi connectivity index (χ2v) is 4.73. The van der Waals surface area contributed by atoms with Crippen molar-refractivity contribution < 1.29 is 4.79 Å². The first-order valence-corrected chi connectivity index (χ1v) is 6.37. The van der Waals surface area contributed by atoms with Crippen molar-refractivity contribution in [2.45, 2.75) is 32.7 Å². The summed E-state index contributed by atoms with van der Waals surface area (Å²) < 4.78 is 1.64. The van der Waals surface area contributed by atoms with Gasteiger partial charge in [0.15, 0.2) is 0 Å². The average molecular weight is 258 g/mol. The highest BCUT2D eigenvalue weighted by Gasteiger charge is 2.04. The van der Waals surface area contributed by atoms with Crippen LogP contribution < -0.4 is 5.32 Å². The molecule has 1 aromatic heterocycles. The van der Waals surface area contributed by atoms with Crippen molar-refractivity contribution in [2.75, 3.05) is 5.32 Å². The number of hydrogen-bond acceptors (Lipinski definition) is 3. The van der Waals surface area contributed by atoms with Gasteiger partial charge >= 0.3 is 0 Å². The van der Waals surface area contributed by atoms with Gasteiger partial charge in [-0.25, -0.2) is 4.98 Å². The molecule has 2 aromatic rings. The zero-order valence-electron chi connectivity index (χ0n) is 11.2. The third-order valence-electron chi connectivity index (χ3n) is 2.90.